The number of aryl methyl sites for hydroxylation is 3. The summed E-state index contributed by atoms with van der Waals surface area (Å²) in [5, 5.41) is 8.90. The first-order chi connectivity index (χ1) is 9.95. The number of hydrogen-bond acceptors (Lipinski definition) is 3. The maximum absolute atomic E-state index is 10.8. The molecule has 1 fully saturated rings. The van der Waals surface area contributed by atoms with Crippen LogP contribution in [0.3, 0.4) is 0 Å². The van der Waals surface area contributed by atoms with Gasteiger partial charge in [0.05, 0.1) is 6.54 Å². The minimum absolute atomic E-state index is 0.163. The minimum atomic E-state index is -0.728. The second-order valence-corrected chi connectivity index (χ2v) is 6.16. The van der Waals surface area contributed by atoms with Crippen LogP contribution in [0, 0.1) is 20.8 Å². The lowest BCUT2D eigenvalue weighted by atomic mass is 10.0. The van der Waals surface area contributed by atoms with E-state index in [1.165, 1.54) is 22.3 Å². The van der Waals surface area contributed by atoms with Crippen LogP contribution in [0.2, 0.25) is 0 Å². The van der Waals surface area contributed by atoms with Gasteiger partial charge >= 0.3 is 5.97 Å². The Balaban J connectivity index is 1.97. The highest BCUT2D eigenvalue weighted by atomic mass is 16.4. The summed E-state index contributed by atoms with van der Waals surface area (Å²) in [6.07, 6.45) is 1.04. The van der Waals surface area contributed by atoms with E-state index in [2.05, 4.69) is 37.8 Å². The Labute approximate surface area is 127 Å². The van der Waals surface area contributed by atoms with Gasteiger partial charge in [-0.1, -0.05) is 12.1 Å². The van der Waals surface area contributed by atoms with E-state index in [9.17, 15) is 4.79 Å². The van der Waals surface area contributed by atoms with Crippen LogP contribution in [0.1, 0.15) is 28.7 Å². The smallest absolute Gasteiger partial charge is 0.317 e. The summed E-state index contributed by atoms with van der Waals surface area (Å²) in [5.74, 6) is -0.728. The molecule has 4 heteroatoms. The average molecular weight is 290 g/mol. The van der Waals surface area contributed by atoms with Crippen LogP contribution in [0.5, 0.6) is 0 Å². The molecule has 1 saturated heterocycles. The van der Waals surface area contributed by atoms with E-state index >= 15 is 0 Å². The first-order valence-electron chi connectivity index (χ1n) is 7.69. The Bertz CT molecular complexity index is 514. The van der Waals surface area contributed by atoms with Gasteiger partial charge in [-0.3, -0.25) is 14.6 Å². The molecule has 4 nitrogen and oxygen atoms in total. The molecule has 0 bridgehead atoms. The standard InChI is InChI=1S/C17H26N2O2/c1-13-9-15(3)16(10-14(13)2)11-18-5-4-6-19(8-7-18)12-17(20)21/h9-10H,4-8,11-12H2,1-3H3,(H,20,21). The molecule has 1 aliphatic rings. The predicted octanol–water partition coefficient (Wildman–Crippen LogP) is 2.20. The van der Waals surface area contributed by atoms with Gasteiger partial charge in [0.25, 0.3) is 0 Å². The van der Waals surface area contributed by atoms with Crippen molar-refractivity contribution in [1.29, 1.82) is 0 Å². The van der Waals surface area contributed by atoms with Crippen molar-refractivity contribution in [3.63, 3.8) is 0 Å². The molecule has 0 radical (unpaired) electrons. The lowest BCUT2D eigenvalue weighted by molar-refractivity contribution is -0.138. The average Bonchev–Trinajstić information content (AvgIpc) is 2.61. The van der Waals surface area contributed by atoms with Crippen LogP contribution in [0.4, 0.5) is 0 Å². The Kier molecular flexibility index (Phi) is 5.37. The van der Waals surface area contributed by atoms with Crippen molar-refractivity contribution in [2.24, 2.45) is 0 Å². The highest BCUT2D eigenvalue weighted by molar-refractivity contribution is 5.69. The number of rotatable bonds is 4. The van der Waals surface area contributed by atoms with Crippen LogP contribution in [0.15, 0.2) is 12.1 Å². The summed E-state index contributed by atoms with van der Waals surface area (Å²) in [7, 11) is 0. The summed E-state index contributed by atoms with van der Waals surface area (Å²) in [6.45, 7) is 11.3. The summed E-state index contributed by atoms with van der Waals surface area (Å²) >= 11 is 0. The van der Waals surface area contributed by atoms with Gasteiger partial charge in [-0.05, 0) is 56.0 Å². The molecule has 0 aliphatic carbocycles. The van der Waals surface area contributed by atoms with Gasteiger partial charge in [0, 0.05) is 26.2 Å². The molecule has 1 N–H and O–H groups in total. The van der Waals surface area contributed by atoms with E-state index in [1.807, 2.05) is 4.90 Å². The van der Waals surface area contributed by atoms with E-state index in [0.29, 0.717) is 0 Å². The minimum Gasteiger partial charge on any atom is -0.480 e. The van der Waals surface area contributed by atoms with Gasteiger partial charge in [-0.15, -0.1) is 0 Å². The van der Waals surface area contributed by atoms with Gasteiger partial charge in [-0.25, -0.2) is 0 Å². The molecular formula is C17H26N2O2. The lowest BCUT2D eigenvalue weighted by Gasteiger charge is -2.22. The molecule has 0 spiro atoms. The molecule has 116 valence electrons. The summed E-state index contributed by atoms with van der Waals surface area (Å²) in [6, 6.07) is 4.56. The molecule has 1 heterocycles. The first-order valence-corrected chi connectivity index (χ1v) is 7.69. The van der Waals surface area contributed by atoms with E-state index in [-0.39, 0.29) is 6.54 Å². The number of nitrogens with zero attached hydrogens (tertiary/aromatic N) is 2. The molecule has 1 aromatic rings. The fourth-order valence-corrected chi connectivity index (χ4v) is 2.96. The summed E-state index contributed by atoms with van der Waals surface area (Å²) in [4.78, 5) is 15.3. The van der Waals surface area contributed by atoms with Crippen LogP contribution in [0.25, 0.3) is 0 Å². The first kappa shape index (κ1) is 16.0. The Morgan fingerprint density at radius 2 is 1.62 bits per heavy atom. The monoisotopic (exact) mass is 290 g/mol. The highest BCUT2D eigenvalue weighted by Crippen LogP contribution is 2.18. The maximum Gasteiger partial charge on any atom is 0.317 e. The van der Waals surface area contributed by atoms with E-state index in [4.69, 9.17) is 5.11 Å². The molecule has 0 saturated carbocycles. The van der Waals surface area contributed by atoms with E-state index < -0.39 is 5.97 Å². The second kappa shape index (κ2) is 7.05. The molecule has 0 unspecified atom stereocenters. The normalized spacial score (nSPS) is 17.7. The largest absolute Gasteiger partial charge is 0.480 e. The van der Waals surface area contributed by atoms with Crippen molar-refractivity contribution in [1.82, 2.24) is 9.80 Å². The zero-order valence-electron chi connectivity index (χ0n) is 13.4. The Hall–Kier alpha value is -1.39. The Morgan fingerprint density at radius 1 is 1.00 bits per heavy atom. The molecular weight excluding hydrogens is 264 g/mol. The molecule has 21 heavy (non-hydrogen) atoms. The van der Waals surface area contributed by atoms with Gasteiger partial charge in [-0.2, -0.15) is 0 Å². The SMILES string of the molecule is Cc1cc(C)c(CN2CCCN(CC(=O)O)CC2)cc1C. The van der Waals surface area contributed by atoms with Crippen molar-refractivity contribution in [2.75, 3.05) is 32.7 Å². The third-order valence-corrected chi connectivity index (χ3v) is 4.39. The number of carbonyl (C=O) groups is 1. The van der Waals surface area contributed by atoms with Crippen molar-refractivity contribution < 1.29 is 9.90 Å². The van der Waals surface area contributed by atoms with Crippen molar-refractivity contribution in [2.45, 2.75) is 33.7 Å². The van der Waals surface area contributed by atoms with Crippen molar-refractivity contribution in [3.05, 3.63) is 34.4 Å². The fraction of sp³-hybridized carbons (Fsp3) is 0.588. The van der Waals surface area contributed by atoms with Crippen LogP contribution in [-0.2, 0) is 11.3 Å². The zero-order valence-corrected chi connectivity index (χ0v) is 13.4. The predicted molar refractivity (Wildman–Crippen MR) is 84.6 cm³/mol. The number of benzene rings is 1. The molecule has 1 aromatic carbocycles. The number of carboxylic acids is 1. The maximum atomic E-state index is 10.8. The van der Waals surface area contributed by atoms with Gasteiger partial charge < -0.3 is 5.11 Å². The summed E-state index contributed by atoms with van der Waals surface area (Å²) < 4.78 is 0. The molecule has 0 atom stereocenters. The quantitative estimate of drug-likeness (QED) is 0.923. The van der Waals surface area contributed by atoms with Crippen molar-refractivity contribution >= 4 is 5.97 Å². The third kappa shape index (κ3) is 4.55. The highest BCUT2D eigenvalue weighted by Gasteiger charge is 2.17. The van der Waals surface area contributed by atoms with E-state index in [1.54, 1.807) is 0 Å². The Morgan fingerprint density at radius 3 is 2.33 bits per heavy atom. The third-order valence-electron chi connectivity index (χ3n) is 4.39. The van der Waals surface area contributed by atoms with E-state index in [0.717, 1.165) is 39.1 Å². The van der Waals surface area contributed by atoms with Crippen LogP contribution in [-0.4, -0.2) is 53.6 Å². The van der Waals surface area contributed by atoms with Crippen LogP contribution < -0.4 is 0 Å². The molecule has 0 amide bonds. The topological polar surface area (TPSA) is 43.8 Å². The number of carboxylic acid groups (broad SMARTS) is 1. The van der Waals surface area contributed by atoms with Gasteiger partial charge in [0.15, 0.2) is 0 Å². The van der Waals surface area contributed by atoms with Gasteiger partial charge in [0.1, 0.15) is 0 Å². The molecule has 2 rings (SSSR count). The summed E-state index contributed by atoms with van der Waals surface area (Å²) in [5.41, 5.74) is 5.44. The molecule has 1 aliphatic heterocycles. The number of aliphatic carboxylic acids is 1. The van der Waals surface area contributed by atoms with Crippen LogP contribution >= 0.6 is 0 Å². The molecule has 0 aromatic heterocycles. The fourth-order valence-electron chi connectivity index (χ4n) is 2.96. The van der Waals surface area contributed by atoms with Gasteiger partial charge in [0.2, 0.25) is 0 Å². The number of hydrogen-bond donors (Lipinski definition) is 1. The van der Waals surface area contributed by atoms with Crippen molar-refractivity contribution in [3.8, 4) is 0 Å². The zero-order chi connectivity index (χ0) is 15.4. The lowest BCUT2D eigenvalue weighted by Crippen LogP contribution is -2.34. The second-order valence-electron chi connectivity index (χ2n) is 6.16.